The van der Waals surface area contributed by atoms with Gasteiger partial charge in [0.05, 0.1) is 5.56 Å². The van der Waals surface area contributed by atoms with Crippen LogP contribution in [0, 0.1) is 12.8 Å². The molecule has 104 valence electrons. The van der Waals surface area contributed by atoms with Gasteiger partial charge in [-0.25, -0.2) is 0 Å². The maximum atomic E-state index is 12.4. The summed E-state index contributed by atoms with van der Waals surface area (Å²) in [5.41, 5.74) is 1.88. The molecule has 1 saturated carbocycles. The van der Waals surface area contributed by atoms with Gasteiger partial charge in [0.1, 0.15) is 0 Å². The van der Waals surface area contributed by atoms with E-state index in [9.17, 15) is 4.79 Å². The standard InChI is InChI=1S/C15H19Br2NO/c1-10-6-7-12(13(17)8-10)15(19)18-14-5-3-2-4-11(14)9-16/h6-8,11,14H,2-5,9H2,1H3,(H,18,19). The van der Waals surface area contributed by atoms with Crippen LogP contribution in [0.5, 0.6) is 0 Å². The number of amides is 1. The zero-order valence-electron chi connectivity index (χ0n) is 11.1. The third kappa shape index (κ3) is 3.82. The van der Waals surface area contributed by atoms with Gasteiger partial charge in [-0.2, -0.15) is 0 Å². The summed E-state index contributed by atoms with van der Waals surface area (Å²) in [7, 11) is 0. The molecule has 0 aromatic heterocycles. The number of hydrogen-bond donors (Lipinski definition) is 1. The van der Waals surface area contributed by atoms with Crippen LogP contribution in [-0.2, 0) is 0 Å². The summed E-state index contributed by atoms with van der Waals surface area (Å²) >= 11 is 7.04. The largest absolute Gasteiger partial charge is 0.349 e. The Bertz CT molecular complexity index is 461. The Hall–Kier alpha value is -0.350. The van der Waals surface area contributed by atoms with Gasteiger partial charge in [0.25, 0.3) is 5.91 Å². The van der Waals surface area contributed by atoms with E-state index in [2.05, 4.69) is 37.2 Å². The fraction of sp³-hybridized carbons (Fsp3) is 0.533. The third-order valence-corrected chi connectivity index (χ3v) is 5.28. The molecule has 0 aliphatic heterocycles. The van der Waals surface area contributed by atoms with Crippen LogP contribution < -0.4 is 5.32 Å². The summed E-state index contributed by atoms with van der Waals surface area (Å²) in [6.07, 6.45) is 4.77. The van der Waals surface area contributed by atoms with Crippen LogP contribution in [0.15, 0.2) is 22.7 Å². The predicted molar refractivity (Wildman–Crippen MR) is 85.9 cm³/mol. The van der Waals surface area contributed by atoms with Gasteiger partial charge in [-0.1, -0.05) is 34.8 Å². The molecule has 2 rings (SSSR count). The van der Waals surface area contributed by atoms with Crippen molar-refractivity contribution < 1.29 is 4.79 Å². The maximum absolute atomic E-state index is 12.4. The average Bonchev–Trinajstić information content (AvgIpc) is 2.39. The first-order valence-electron chi connectivity index (χ1n) is 6.75. The number of hydrogen-bond acceptors (Lipinski definition) is 1. The van der Waals surface area contributed by atoms with Crippen molar-refractivity contribution in [3.8, 4) is 0 Å². The monoisotopic (exact) mass is 387 g/mol. The zero-order valence-corrected chi connectivity index (χ0v) is 14.3. The summed E-state index contributed by atoms with van der Waals surface area (Å²) in [4.78, 5) is 12.4. The highest BCUT2D eigenvalue weighted by molar-refractivity contribution is 9.10. The van der Waals surface area contributed by atoms with Crippen molar-refractivity contribution in [2.24, 2.45) is 5.92 Å². The molecular weight excluding hydrogens is 370 g/mol. The Morgan fingerprint density at radius 1 is 1.37 bits per heavy atom. The molecule has 0 bridgehead atoms. The zero-order chi connectivity index (χ0) is 13.8. The highest BCUT2D eigenvalue weighted by Gasteiger charge is 2.26. The summed E-state index contributed by atoms with van der Waals surface area (Å²) < 4.78 is 0.871. The quantitative estimate of drug-likeness (QED) is 0.762. The molecule has 19 heavy (non-hydrogen) atoms. The third-order valence-electron chi connectivity index (χ3n) is 3.79. The van der Waals surface area contributed by atoms with Gasteiger partial charge in [0.2, 0.25) is 0 Å². The van der Waals surface area contributed by atoms with Crippen molar-refractivity contribution in [1.29, 1.82) is 0 Å². The predicted octanol–water partition coefficient (Wildman–Crippen LogP) is 4.44. The Morgan fingerprint density at radius 2 is 2.11 bits per heavy atom. The Balaban J connectivity index is 2.07. The molecule has 1 fully saturated rings. The second-order valence-corrected chi connectivity index (χ2v) is 6.76. The Labute approximate surface area is 131 Å². The molecule has 1 amide bonds. The lowest BCUT2D eigenvalue weighted by molar-refractivity contribution is 0.0911. The van der Waals surface area contributed by atoms with Crippen molar-refractivity contribution in [2.75, 3.05) is 5.33 Å². The van der Waals surface area contributed by atoms with E-state index < -0.39 is 0 Å². The van der Waals surface area contributed by atoms with Crippen LogP contribution in [-0.4, -0.2) is 17.3 Å². The summed E-state index contributed by atoms with van der Waals surface area (Å²) in [5.74, 6) is 0.589. The summed E-state index contributed by atoms with van der Waals surface area (Å²) in [6, 6.07) is 6.15. The molecule has 0 saturated heterocycles. The molecular formula is C15H19Br2NO. The first-order valence-corrected chi connectivity index (χ1v) is 8.66. The fourth-order valence-corrected chi connectivity index (χ4v) is 4.08. The molecule has 0 radical (unpaired) electrons. The van der Waals surface area contributed by atoms with Crippen molar-refractivity contribution in [3.05, 3.63) is 33.8 Å². The van der Waals surface area contributed by atoms with Crippen LogP contribution in [0.4, 0.5) is 0 Å². The Kier molecular flexibility index (Phi) is 5.46. The van der Waals surface area contributed by atoms with Crippen molar-refractivity contribution in [2.45, 2.75) is 38.6 Å². The number of rotatable bonds is 3. The van der Waals surface area contributed by atoms with Crippen LogP contribution in [0.25, 0.3) is 0 Å². The second-order valence-electron chi connectivity index (χ2n) is 5.26. The van der Waals surface area contributed by atoms with E-state index in [0.29, 0.717) is 12.0 Å². The van der Waals surface area contributed by atoms with E-state index in [0.717, 1.165) is 27.4 Å². The summed E-state index contributed by atoms with van der Waals surface area (Å²) in [5, 5.41) is 4.16. The van der Waals surface area contributed by atoms with Crippen molar-refractivity contribution >= 4 is 37.8 Å². The number of aryl methyl sites for hydroxylation is 1. The number of carbonyl (C=O) groups excluding carboxylic acids is 1. The first-order chi connectivity index (χ1) is 9.11. The fourth-order valence-electron chi connectivity index (χ4n) is 2.63. The maximum Gasteiger partial charge on any atom is 0.252 e. The van der Waals surface area contributed by atoms with Gasteiger partial charge in [-0.05, 0) is 59.3 Å². The van der Waals surface area contributed by atoms with Crippen LogP contribution in [0.3, 0.4) is 0 Å². The number of alkyl halides is 1. The first kappa shape index (κ1) is 15.0. The highest BCUT2D eigenvalue weighted by Crippen LogP contribution is 2.27. The lowest BCUT2D eigenvalue weighted by atomic mass is 9.86. The average molecular weight is 389 g/mol. The van der Waals surface area contributed by atoms with E-state index in [1.807, 2.05) is 25.1 Å². The molecule has 1 aromatic carbocycles. The molecule has 2 nitrogen and oxygen atoms in total. The lowest BCUT2D eigenvalue weighted by Crippen LogP contribution is -2.42. The van der Waals surface area contributed by atoms with E-state index in [1.165, 1.54) is 19.3 Å². The van der Waals surface area contributed by atoms with Crippen LogP contribution >= 0.6 is 31.9 Å². The SMILES string of the molecule is Cc1ccc(C(=O)NC2CCCCC2CBr)c(Br)c1. The van der Waals surface area contributed by atoms with Gasteiger partial charge in [0.15, 0.2) is 0 Å². The minimum absolute atomic E-state index is 0.0322. The van der Waals surface area contributed by atoms with Crippen LogP contribution in [0.1, 0.15) is 41.6 Å². The van der Waals surface area contributed by atoms with Crippen LogP contribution in [0.2, 0.25) is 0 Å². The van der Waals surface area contributed by atoms with Gasteiger partial charge in [-0.3, -0.25) is 4.79 Å². The molecule has 2 atom stereocenters. The molecule has 1 N–H and O–H groups in total. The van der Waals surface area contributed by atoms with E-state index >= 15 is 0 Å². The molecule has 1 aliphatic rings. The molecule has 1 aromatic rings. The molecule has 0 spiro atoms. The molecule has 4 heteroatoms. The molecule has 1 aliphatic carbocycles. The normalized spacial score (nSPS) is 23.1. The second kappa shape index (κ2) is 6.89. The van der Waals surface area contributed by atoms with Crippen molar-refractivity contribution in [3.63, 3.8) is 0 Å². The van der Waals surface area contributed by atoms with Gasteiger partial charge < -0.3 is 5.32 Å². The van der Waals surface area contributed by atoms with E-state index in [1.54, 1.807) is 0 Å². The van der Waals surface area contributed by atoms with Gasteiger partial charge in [0, 0.05) is 15.8 Å². The van der Waals surface area contributed by atoms with E-state index in [-0.39, 0.29) is 5.91 Å². The molecule has 0 heterocycles. The highest BCUT2D eigenvalue weighted by atomic mass is 79.9. The smallest absolute Gasteiger partial charge is 0.252 e. The van der Waals surface area contributed by atoms with Gasteiger partial charge >= 0.3 is 0 Å². The Morgan fingerprint density at radius 3 is 2.79 bits per heavy atom. The minimum Gasteiger partial charge on any atom is -0.349 e. The number of nitrogens with one attached hydrogen (secondary N) is 1. The number of carbonyl (C=O) groups is 1. The lowest BCUT2D eigenvalue weighted by Gasteiger charge is -2.31. The summed E-state index contributed by atoms with van der Waals surface area (Å²) in [6.45, 7) is 2.02. The topological polar surface area (TPSA) is 29.1 Å². The number of benzene rings is 1. The number of halogens is 2. The minimum atomic E-state index is 0.0322. The van der Waals surface area contributed by atoms with Gasteiger partial charge in [-0.15, -0.1) is 0 Å². The van der Waals surface area contributed by atoms with E-state index in [4.69, 9.17) is 0 Å². The van der Waals surface area contributed by atoms with Crippen molar-refractivity contribution in [1.82, 2.24) is 5.32 Å². The molecule has 2 unspecified atom stereocenters.